The fourth-order valence-corrected chi connectivity index (χ4v) is 3.07. The molecule has 124 valence electrons. The van der Waals surface area contributed by atoms with Gasteiger partial charge in [-0.05, 0) is 50.8 Å². The maximum atomic E-state index is 12.3. The van der Waals surface area contributed by atoms with Crippen LogP contribution in [0.3, 0.4) is 0 Å². The third-order valence-electron chi connectivity index (χ3n) is 3.78. The fraction of sp³-hybridized carbons (Fsp3) is 0.444. The van der Waals surface area contributed by atoms with E-state index in [9.17, 15) is 9.59 Å². The summed E-state index contributed by atoms with van der Waals surface area (Å²) in [5, 5.41) is 0.980. The first-order valence-electron chi connectivity index (χ1n) is 7.99. The highest BCUT2D eigenvalue weighted by Crippen LogP contribution is 2.25. The molecule has 0 N–H and O–H groups in total. The molecule has 1 aromatic carbocycles. The molecule has 1 heterocycles. The molecule has 0 aliphatic carbocycles. The van der Waals surface area contributed by atoms with Crippen LogP contribution in [-0.4, -0.2) is 22.5 Å². The maximum Gasteiger partial charge on any atom is 0.254 e. The number of benzene rings is 1. The zero-order valence-corrected chi connectivity index (χ0v) is 14.5. The Kier molecular flexibility index (Phi) is 6.71. The van der Waals surface area contributed by atoms with E-state index in [1.54, 1.807) is 10.6 Å². The lowest BCUT2D eigenvalue weighted by Gasteiger charge is -2.13. The summed E-state index contributed by atoms with van der Waals surface area (Å²) in [6.07, 6.45) is 2.94. The molecule has 0 atom stereocenters. The van der Waals surface area contributed by atoms with Gasteiger partial charge in [0.15, 0.2) is 5.62 Å². The Balaban J connectivity index is 2.09. The number of carbonyl (C=O) groups is 1. The zero-order valence-electron chi connectivity index (χ0n) is 13.7. The van der Waals surface area contributed by atoms with E-state index in [0.717, 1.165) is 47.1 Å². The van der Waals surface area contributed by atoms with Crippen LogP contribution in [0.1, 0.15) is 31.7 Å². The topological polar surface area (TPSA) is 48.3 Å². The van der Waals surface area contributed by atoms with E-state index in [-0.39, 0.29) is 5.56 Å². The van der Waals surface area contributed by atoms with Crippen molar-refractivity contribution in [3.63, 3.8) is 0 Å². The highest BCUT2D eigenvalue weighted by atomic mass is 32.2. The van der Waals surface area contributed by atoms with Crippen molar-refractivity contribution in [2.75, 3.05) is 12.4 Å². The van der Waals surface area contributed by atoms with Gasteiger partial charge in [-0.25, -0.2) is 0 Å². The van der Waals surface area contributed by atoms with Crippen LogP contribution in [0.25, 0.3) is 10.9 Å². The SMILES string of the molecule is CCn1c(=O)cc(OCCCCCSC=O)c2ccc(C)cc21. The number of hydrogen-bond donors (Lipinski definition) is 0. The maximum absolute atomic E-state index is 12.3. The first-order chi connectivity index (χ1) is 11.2. The van der Waals surface area contributed by atoms with Crippen LogP contribution < -0.4 is 10.3 Å². The average Bonchev–Trinajstić information content (AvgIpc) is 2.53. The molecule has 4 nitrogen and oxygen atoms in total. The summed E-state index contributed by atoms with van der Waals surface area (Å²) in [7, 11) is 0. The second-order valence-electron chi connectivity index (χ2n) is 5.49. The number of hydrogen-bond acceptors (Lipinski definition) is 4. The Morgan fingerprint density at radius 3 is 2.78 bits per heavy atom. The predicted molar refractivity (Wildman–Crippen MR) is 97.2 cm³/mol. The Morgan fingerprint density at radius 1 is 1.22 bits per heavy atom. The Bertz CT molecular complexity index is 724. The first kappa shape index (κ1) is 17.6. The molecule has 0 saturated heterocycles. The van der Waals surface area contributed by atoms with Gasteiger partial charge in [-0.15, -0.1) is 0 Å². The Labute approximate surface area is 140 Å². The van der Waals surface area contributed by atoms with Crippen LogP contribution in [-0.2, 0) is 11.3 Å². The summed E-state index contributed by atoms with van der Waals surface area (Å²) < 4.78 is 7.63. The summed E-state index contributed by atoms with van der Waals surface area (Å²) in [6, 6.07) is 7.68. The summed E-state index contributed by atoms with van der Waals surface area (Å²) >= 11 is 1.31. The van der Waals surface area contributed by atoms with Crippen molar-refractivity contribution in [1.29, 1.82) is 0 Å². The van der Waals surface area contributed by atoms with Crippen molar-refractivity contribution in [3.05, 3.63) is 40.2 Å². The molecule has 2 aromatic rings. The highest BCUT2D eigenvalue weighted by Gasteiger charge is 2.09. The van der Waals surface area contributed by atoms with Crippen LogP contribution in [0.4, 0.5) is 0 Å². The summed E-state index contributed by atoms with van der Waals surface area (Å²) in [6.45, 7) is 5.23. The fourth-order valence-electron chi connectivity index (χ4n) is 2.60. The van der Waals surface area contributed by atoms with Gasteiger partial charge in [0.25, 0.3) is 5.56 Å². The second kappa shape index (κ2) is 8.77. The van der Waals surface area contributed by atoms with E-state index >= 15 is 0 Å². The van der Waals surface area contributed by atoms with Crippen LogP contribution in [0.15, 0.2) is 29.1 Å². The Morgan fingerprint density at radius 2 is 2.04 bits per heavy atom. The van der Waals surface area contributed by atoms with Gasteiger partial charge in [0, 0.05) is 23.8 Å². The van der Waals surface area contributed by atoms with Gasteiger partial charge in [0.1, 0.15) is 5.75 Å². The summed E-state index contributed by atoms with van der Waals surface area (Å²) in [5.41, 5.74) is 2.91. The minimum atomic E-state index is -0.0250. The molecule has 0 aliphatic heterocycles. The third-order valence-corrected chi connectivity index (χ3v) is 4.44. The quantitative estimate of drug-likeness (QED) is 0.517. The number of rotatable bonds is 9. The molecule has 0 fully saturated rings. The number of fused-ring (bicyclic) bond motifs is 1. The molecule has 0 bridgehead atoms. The van der Waals surface area contributed by atoms with E-state index in [0.29, 0.717) is 18.9 Å². The van der Waals surface area contributed by atoms with Crippen LogP contribution in [0, 0.1) is 6.92 Å². The van der Waals surface area contributed by atoms with E-state index in [2.05, 4.69) is 0 Å². The average molecular weight is 333 g/mol. The van der Waals surface area contributed by atoms with E-state index < -0.39 is 0 Å². The third kappa shape index (κ3) is 4.61. The van der Waals surface area contributed by atoms with Crippen molar-refractivity contribution in [3.8, 4) is 5.75 Å². The van der Waals surface area contributed by atoms with E-state index in [4.69, 9.17) is 4.74 Å². The number of ether oxygens (including phenoxy) is 1. The molecule has 23 heavy (non-hydrogen) atoms. The number of aromatic nitrogens is 1. The lowest BCUT2D eigenvalue weighted by atomic mass is 10.1. The summed E-state index contributed by atoms with van der Waals surface area (Å²) in [4.78, 5) is 22.5. The molecule has 0 saturated carbocycles. The molecular weight excluding hydrogens is 310 g/mol. The van der Waals surface area contributed by atoms with Gasteiger partial charge in [-0.3, -0.25) is 9.59 Å². The molecule has 2 rings (SSSR count). The van der Waals surface area contributed by atoms with E-state index in [1.165, 1.54) is 11.8 Å². The molecule has 0 amide bonds. The number of aryl methyl sites for hydroxylation is 2. The molecule has 0 unspecified atom stereocenters. The lowest BCUT2D eigenvalue weighted by Crippen LogP contribution is -2.19. The number of unbranched alkanes of at least 4 members (excludes halogenated alkanes) is 2. The van der Waals surface area contributed by atoms with Crippen molar-refractivity contribution in [2.24, 2.45) is 0 Å². The van der Waals surface area contributed by atoms with Gasteiger partial charge in [-0.2, -0.15) is 0 Å². The predicted octanol–water partition coefficient (Wildman–Crippen LogP) is 3.80. The first-order valence-corrected chi connectivity index (χ1v) is 9.04. The van der Waals surface area contributed by atoms with Crippen LogP contribution in [0.2, 0.25) is 0 Å². The molecule has 0 aliphatic rings. The van der Waals surface area contributed by atoms with E-state index in [1.807, 2.05) is 32.0 Å². The van der Waals surface area contributed by atoms with Crippen molar-refractivity contribution < 1.29 is 9.53 Å². The normalized spacial score (nSPS) is 10.9. The van der Waals surface area contributed by atoms with Crippen LogP contribution >= 0.6 is 11.8 Å². The molecule has 1 aromatic heterocycles. The number of carbonyl (C=O) groups excluding carboxylic acids is 1. The van der Waals surface area contributed by atoms with Crippen LogP contribution in [0.5, 0.6) is 5.75 Å². The standard InChI is InChI=1S/C18H23NO3S/c1-3-19-16-11-14(2)7-8-15(16)17(12-18(19)21)22-9-5-4-6-10-23-13-20/h7-8,11-13H,3-6,9-10H2,1-2H3. The number of nitrogens with zero attached hydrogens (tertiary/aromatic N) is 1. The van der Waals surface area contributed by atoms with Crippen molar-refractivity contribution in [2.45, 2.75) is 39.7 Å². The van der Waals surface area contributed by atoms with Gasteiger partial charge in [0.05, 0.1) is 12.1 Å². The van der Waals surface area contributed by atoms with Crippen molar-refractivity contribution in [1.82, 2.24) is 4.57 Å². The van der Waals surface area contributed by atoms with Gasteiger partial charge >= 0.3 is 0 Å². The minimum Gasteiger partial charge on any atom is -0.493 e. The minimum absolute atomic E-state index is 0.0250. The molecule has 0 spiro atoms. The molecular formula is C18H23NO3S. The molecule has 5 heteroatoms. The Hall–Kier alpha value is -1.75. The lowest BCUT2D eigenvalue weighted by molar-refractivity contribution is 0.309. The van der Waals surface area contributed by atoms with Crippen molar-refractivity contribution >= 4 is 28.3 Å². The number of pyridine rings is 1. The second-order valence-corrected chi connectivity index (χ2v) is 6.42. The number of thioether (sulfide) groups is 1. The monoisotopic (exact) mass is 333 g/mol. The molecule has 0 radical (unpaired) electrons. The van der Waals surface area contributed by atoms with Gasteiger partial charge < -0.3 is 9.30 Å². The zero-order chi connectivity index (χ0) is 16.7. The highest BCUT2D eigenvalue weighted by molar-refractivity contribution is 8.11. The van der Waals surface area contributed by atoms with Gasteiger partial charge in [0.2, 0.25) is 0 Å². The largest absolute Gasteiger partial charge is 0.493 e. The smallest absolute Gasteiger partial charge is 0.254 e. The van der Waals surface area contributed by atoms with Gasteiger partial charge in [-0.1, -0.05) is 17.8 Å². The summed E-state index contributed by atoms with van der Waals surface area (Å²) in [5.74, 6) is 1.52.